The Labute approximate surface area is 141 Å². The van der Waals surface area contributed by atoms with Gasteiger partial charge in [0.05, 0.1) is 24.9 Å². The number of ether oxygens (including phenoxy) is 1. The van der Waals surface area contributed by atoms with E-state index in [1.165, 1.54) is 18.2 Å². The molecule has 25 heavy (non-hydrogen) atoms. The van der Waals surface area contributed by atoms with Gasteiger partial charge in [-0.15, -0.1) is 0 Å². The lowest BCUT2D eigenvalue weighted by atomic mass is 10.1. The Hall–Kier alpha value is -2.55. The molecule has 1 aliphatic rings. The topological polar surface area (TPSA) is 78.4 Å². The molecule has 2 unspecified atom stereocenters. The van der Waals surface area contributed by atoms with E-state index in [-0.39, 0.29) is 18.1 Å². The van der Waals surface area contributed by atoms with Crippen LogP contribution in [0.2, 0.25) is 0 Å². The summed E-state index contributed by atoms with van der Waals surface area (Å²) in [5.41, 5.74) is 1.21. The van der Waals surface area contributed by atoms with Gasteiger partial charge in [0, 0.05) is 5.56 Å². The first-order valence-electron chi connectivity index (χ1n) is 7.60. The number of nitrogens with zero attached hydrogens (tertiary/aromatic N) is 2. The second-order valence-corrected chi connectivity index (χ2v) is 5.88. The van der Waals surface area contributed by atoms with Crippen LogP contribution in [-0.4, -0.2) is 57.6 Å². The molecule has 9 heteroatoms. The van der Waals surface area contributed by atoms with Crippen molar-refractivity contribution in [2.45, 2.75) is 25.2 Å². The van der Waals surface area contributed by atoms with Crippen molar-refractivity contribution < 1.29 is 27.8 Å². The van der Waals surface area contributed by atoms with Crippen molar-refractivity contribution in [3.63, 3.8) is 0 Å². The summed E-state index contributed by atoms with van der Waals surface area (Å²) in [5, 5.41) is 15.9. The lowest BCUT2D eigenvalue weighted by Gasteiger charge is -2.38. The van der Waals surface area contributed by atoms with E-state index >= 15 is 0 Å². The number of carbonyl (C=O) groups is 1. The maximum absolute atomic E-state index is 12.9. The first kappa shape index (κ1) is 17.3. The van der Waals surface area contributed by atoms with E-state index < -0.39 is 30.8 Å². The SMILES string of the molecule is CC1COC(C(F)(F)F)CN1C(=O)c1cc(-c2ccc(O)cc2)n[nH]1. The van der Waals surface area contributed by atoms with E-state index in [4.69, 9.17) is 4.74 Å². The molecular formula is C16H16F3N3O3. The standard InChI is InChI=1S/C16H16F3N3O3/c1-9-8-25-14(16(17,18)19)7-22(9)15(24)13-6-12(20-21-13)10-2-4-11(23)5-3-10/h2-6,9,14,23H,7-8H2,1H3,(H,20,21). The Bertz CT molecular complexity index is 758. The van der Waals surface area contributed by atoms with Crippen molar-refractivity contribution in [2.24, 2.45) is 0 Å². The molecule has 2 atom stereocenters. The number of carbonyl (C=O) groups excluding carboxylic acids is 1. The van der Waals surface area contributed by atoms with E-state index in [0.29, 0.717) is 11.3 Å². The van der Waals surface area contributed by atoms with Gasteiger partial charge in [-0.1, -0.05) is 0 Å². The van der Waals surface area contributed by atoms with Crippen molar-refractivity contribution >= 4 is 5.91 Å². The van der Waals surface area contributed by atoms with Gasteiger partial charge in [-0.05, 0) is 37.3 Å². The van der Waals surface area contributed by atoms with Gasteiger partial charge in [-0.2, -0.15) is 18.3 Å². The van der Waals surface area contributed by atoms with Crippen molar-refractivity contribution in [1.29, 1.82) is 0 Å². The maximum Gasteiger partial charge on any atom is 0.416 e. The molecule has 0 spiro atoms. The fourth-order valence-electron chi connectivity index (χ4n) is 2.60. The van der Waals surface area contributed by atoms with E-state index in [9.17, 15) is 23.1 Å². The Kier molecular flexibility index (Phi) is 4.42. The number of H-pyrrole nitrogens is 1. The van der Waals surface area contributed by atoms with E-state index in [2.05, 4.69) is 10.2 Å². The zero-order valence-corrected chi connectivity index (χ0v) is 13.2. The maximum atomic E-state index is 12.9. The van der Waals surface area contributed by atoms with Gasteiger partial charge in [0.1, 0.15) is 11.4 Å². The van der Waals surface area contributed by atoms with Gasteiger partial charge in [0.2, 0.25) is 0 Å². The molecule has 3 rings (SSSR count). The van der Waals surface area contributed by atoms with Crippen molar-refractivity contribution in [1.82, 2.24) is 15.1 Å². The van der Waals surface area contributed by atoms with E-state index in [0.717, 1.165) is 4.90 Å². The Balaban J connectivity index is 1.79. The number of hydrogen-bond donors (Lipinski definition) is 2. The molecule has 1 fully saturated rings. The molecule has 0 bridgehead atoms. The highest BCUT2D eigenvalue weighted by Gasteiger charge is 2.46. The summed E-state index contributed by atoms with van der Waals surface area (Å²) in [7, 11) is 0. The van der Waals surface area contributed by atoms with Crippen molar-refractivity contribution in [2.75, 3.05) is 13.2 Å². The minimum atomic E-state index is -4.52. The molecule has 2 heterocycles. The van der Waals surface area contributed by atoms with Crippen LogP contribution < -0.4 is 0 Å². The predicted molar refractivity (Wildman–Crippen MR) is 82.0 cm³/mol. The Morgan fingerprint density at radius 2 is 2.04 bits per heavy atom. The van der Waals surface area contributed by atoms with Crippen LogP contribution in [-0.2, 0) is 4.74 Å². The second-order valence-electron chi connectivity index (χ2n) is 5.88. The number of phenolic OH excluding ortho intramolecular Hbond substituents is 1. The van der Waals surface area contributed by atoms with Crippen LogP contribution in [0.25, 0.3) is 11.3 Å². The minimum absolute atomic E-state index is 0.0934. The molecule has 0 aliphatic carbocycles. The van der Waals surface area contributed by atoms with Gasteiger partial charge in [0.15, 0.2) is 6.10 Å². The highest BCUT2D eigenvalue weighted by Crippen LogP contribution is 2.28. The number of halogens is 3. The number of nitrogens with one attached hydrogen (secondary N) is 1. The largest absolute Gasteiger partial charge is 0.508 e. The van der Waals surface area contributed by atoms with Crippen molar-refractivity contribution in [3.05, 3.63) is 36.0 Å². The summed E-state index contributed by atoms with van der Waals surface area (Å²) < 4.78 is 43.4. The smallest absolute Gasteiger partial charge is 0.416 e. The zero-order chi connectivity index (χ0) is 18.2. The van der Waals surface area contributed by atoms with E-state index in [1.54, 1.807) is 19.1 Å². The Morgan fingerprint density at radius 1 is 1.36 bits per heavy atom. The van der Waals surface area contributed by atoms with Crippen LogP contribution in [0.4, 0.5) is 13.2 Å². The monoisotopic (exact) mass is 355 g/mol. The molecule has 1 amide bonds. The third-order valence-electron chi connectivity index (χ3n) is 4.03. The summed E-state index contributed by atoms with van der Waals surface area (Å²) in [4.78, 5) is 13.7. The zero-order valence-electron chi connectivity index (χ0n) is 13.2. The molecule has 6 nitrogen and oxygen atoms in total. The summed E-state index contributed by atoms with van der Waals surface area (Å²) in [5.74, 6) is -0.474. The number of morpholine rings is 1. The average molecular weight is 355 g/mol. The number of aromatic nitrogens is 2. The number of phenols is 1. The normalized spacial score (nSPS) is 21.4. The van der Waals surface area contributed by atoms with E-state index in [1.807, 2.05) is 0 Å². The minimum Gasteiger partial charge on any atom is -0.508 e. The van der Waals surface area contributed by atoms with Crippen LogP contribution >= 0.6 is 0 Å². The van der Waals surface area contributed by atoms with Crippen molar-refractivity contribution in [3.8, 4) is 17.0 Å². The highest BCUT2D eigenvalue weighted by atomic mass is 19.4. The summed E-state index contributed by atoms with van der Waals surface area (Å²) in [6.45, 7) is 0.883. The number of rotatable bonds is 2. The van der Waals surface area contributed by atoms with Gasteiger partial charge >= 0.3 is 6.18 Å². The average Bonchev–Trinajstić information content (AvgIpc) is 3.04. The quantitative estimate of drug-likeness (QED) is 0.868. The first-order chi connectivity index (χ1) is 11.8. The fraction of sp³-hybridized carbons (Fsp3) is 0.375. The molecule has 1 aromatic heterocycles. The molecule has 2 N–H and O–H groups in total. The van der Waals surface area contributed by atoms with Gasteiger partial charge < -0.3 is 14.7 Å². The molecule has 1 aromatic carbocycles. The number of amides is 1. The molecule has 134 valence electrons. The third-order valence-corrected chi connectivity index (χ3v) is 4.03. The summed E-state index contributed by atoms with van der Waals surface area (Å²) in [6, 6.07) is 7.19. The van der Waals surface area contributed by atoms with Crippen LogP contribution in [0.3, 0.4) is 0 Å². The van der Waals surface area contributed by atoms with Gasteiger partial charge in [-0.3, -0.25) is 9.89 Å². The second kappa shape index (κ2) is 6.40. The molecule has 1 saturated heterocycles. The summed E-state index contributed by atoms with van der Waals surface area (Å²) in [6.07, 6.45) is -6.52. The molecular weight excluding hydrogens is 339 g/mol. The number of benzene rings is 1. The number of aromatic amines is 1. The fourth-order valence-corrected chi connectivity index (χ4v) is 2.60. The third kappa shape index (κ3) is 3.60. The predicted octanol–water partition coefficient (Wildman–Crippen LogP) is 2.57. The van der Waals surface area contributed by atoms with Gasteiger partial charge in [-0.25, -0.2) is 0 Å². The molecule has 1 aliphatic heterocycles. The Morgan fingerprint density at radius 3 is 2.68 bits per heavy atom. The molecule has 0 saturated carbocycles. The highest BCUT2D eigenvalue weighted by molar-refractivity contribution is 5.93. The van der Waals surface area contributed by atoms with Crippen LogP contribution in [0.1, 0.15) is 17.4 Å². The van der Waals surface area contributed by atoms with Crippen LogP contribution in [0, 0.1) is 0 Å². The lowest BCUT2D eigenvalue weighted by molar-refractivity contribution is -0.239. The lowest BCUT2D eigenvalue weighted by Crippen LogP contribution is -2.55. The summed E-state index contributed by atoms with van der Waals surface area (Å²) >= 11 is 0. The first-order valence-corrected chi connectivity index (χ1v) is 7.60. The molecule has 2 aromatic rings. The van der Waals surface area contributed by atoms with Crippen LogP contribution in [0.5, 0.6) is 5.75 Å². The van der Waals surface area contributed by atoms with Crippen LogP contribution in [0.15, 0.2) is 30.3 Å². The number of alkyl halides is 3. The van der Waals surface area contributed by atoms with Gasteiger partial charge in [0.25, 0.3) is 5.91 Å². The molecule has 0 radical (unpaired) electrons. The number of aromatic hydroxyl groups is 1. The number of hydrogen-bond acceptors (Lipinski definition) is 4.